The van der Waals surface area contributed by atoms with Gasteiger partial charge in [0.15, 0.2) is 0 Å². The van der Waals surface area contributed by atoms with E-state index in [1.807, 2.05) is 43.6 Å². The molecule has 2 aliphatic heterocycles. The van der Waals surface area contributed by atoms with E-state index < -0.39 is 11.9 Å². The molecule has 156 valence electrons. The highest BCUT2D eigenvalue weighted by Crippen LogP contribution is 2.32. The molecule has 1 saturated heterocycles. The maximum atomic E-state index is 13.0. The van der Waals surface area contributed by atoms with Crippen molar-refractivity contribution in [2.24, 2.45) is 0 Å². The monoisotopic (exact) mass is 416 g/mol. The minimum Gasteiger partial charge on any atom is -0.388 e. The zero-order valence-electron chi connectivity index (χ0n) is 16.8. The molecule has 5 rings (SSSR count). The molecule has 1 aromatic heterocycles. The number of aromatic nitrogens is 3. The van der Waals surface area contributed by atoms with Crippen LogP contribution in [0.3, 0.4) is 0 Å². The number of piperidine rings is 1. The smallest absolute Gasteiger partial charge is 0.255 e. The van der Waals surface area contributed by atoms with E-state index in [-0.39, 0.29) is 24.8 Å². The quantitative estimate of drug-likeness (QED) is 0.627. The Morgan fingerprint density at radius 1 is 1.13 bits per heavy atom. The van der Waals surface area contributed by atoms with Crippen LogP contribution in [0.5, 0.6) is 0 Å². The van der Waals surface area contributed by atoms with Crippen molar-refractivity contribution in [3.63, 3.8) is 0 Å². The lowest BCUT2D eigenvalue weighted by Crippen LogP contribution is -2.52. The van der Waals surface area contributed by atoms with Crippen molar-refractivity contribution in [2.75, 3.05) is 12.4 Å². The summed E-state index contributed by atoms with van der Waals surface area (Å²) in [5, 5.41) is 14.0. The molecule has 1 fully saturated rings. The molecule has 3 amide bonds. The summed E-state index contributed by atoms with van der Waals surface area (Å²) in [4.78, 5) is 38.3. The number of benzene rings is 2. The molecule has 2 aliphatic rings. The van der Waals surface area contributed by atoms with Crippen LogP contribution >= 0.6 is 0 Å². The van der Waals surface area contributed by atoms with Crippen LogP contribution in [0.2, 0.25) is 0 Å². The maximum absolute atomic E-state index is 13.0. The van der Waals surface area contributed by atoms with Crippen LogP contribution in [0.25, 0.3) is 16.9 Å². The Balaban J connectivity index is 1.47. The number of nitrogens with zero attached hydrogens (tertiary/aromatic N) is 4. The van der Waals surface area contributed by atoms with Gasteiger partial charge < -0.3 is 10.2 Å². The fraction of sp³-hybridized carbons (Fsp3) is 0.227. The molecule has 2 aromatic carbocycles. The van der Waals surface area contributed by atoms with Crippen LogP contribution in [-0.2, 0) is 16.1 Å². The van der Waals surface area contributed by atoms with Crippen molar-refractivity contribution < 1.29 is 14.4 Å². The fourth-order valence-corrected chi connectivity index (χ4v) is 4.13. The largest absolute Gasteiger partial charge is 0.388 e. The van der Waals surface area contributed by atoms with Crippen molar-refractivity contribution in [3.8, 4) is 16.9 Å². The van der Waals surface area contributed by atoms with Crippen molar-refractivity contribution >= 4 is 23.4 Å². The second kappa shape index (κ2) is 7.35. The van der Waals surface area contributed by atoms with E-state index in [2.05, 4.69) is 20.9 Å². The second-order valence-corrected chi connectivity index (χ2v) is 7.58. The van der Waals surface area contributed by atoms with Crippen LogP contribution in [0.4, 0.5) is 5.69 Å². The molecular formula is C22H20N6O3. The van der Waals surface area contributed by atoms with Gasteiger partial charge in [0.25, 0.3) is 5.91 Å². The lowest BCUT2D eigenvalue weighted by Gasteiger charge is -2.29. The van der Waals surface area contributed by atoms with Gasteiger partial charge in [-0.1, -0.05) is 23.4 Å². The number of rotatable bonds is 4. The van der Waals surface area contributed by atoms with E-state index in [0.29, 0.717) is 17.7 Å². The SMILES string of the molecule is CNc1cccc(-c2cn(-c3cccc4c3CN(C3CCC(=O)NC3=O)C4=O)nn2)c1. The number of carbonyl (C=O) groups is 3. The average Bonchev–Trinajstić information content (AvgIpc) is 3.39. The van der Waals surface area contributed by atoms with Crippen molar-refractivity contribution in [2.45, 2.75) is 25.4 Å². The van der Waals surface area contributed by atoms with E-state index >= 15 is 0 Å². The summed E-state index contributed by atoms with van der Waals surface area (Å²) in [5.41, 5.74) is 4.67. The van der Waals surface area contributed by atoms with Crippen LogP contribution in [0, 0.1) is 0 Å². The summed E-state index contributed by atoms with van der Waals surface area (Å²) >= 11 is 0. The lowest BCUT2D eigenvalue weighted by molar-refractivity contribution is -0.136. The van der Waals surface area contributed by atoms with Gasteiger partial charge in [0.2, 0.25) is 11.8 Å². The average molecular weight is 416 g/mol. The Morgan fingerprint density at radius 3 is 2.77 bits per heavy atom. The van der Waals surface area contributed by atoms with E-state index in [0.717, 1.165) is 22.5 Å². The summed E-state index contributed by atoms with van der Waals surface area (Å²) < 4.78 is 1.65. The molecule has 0 aliphatic carbocycles. The highest BCUT2D eigenvalue weighted by Gasteiger charge is 2.40. The molecule has 0 bridgehead atoms. The summed E-state index contributed by atoms with van der Waals surface area (Å²) in [6.45, 7) is 0.279. The van der Waals surface area contributed by atoms with Gasteiger partial charge in [-0.2, -0.15) is 0 Å². The van der Waals surface area contributed by atoms with Gasteiger partial charge in [-0.15, -0.1) is 5.10 Å². The van der Waals surface area contributed by atoms with E-state index in [4.69, 9.17) is 0 Å². The van der Waals surface area contributed by atoms with Gasteiger partial charge >= 0.3 is 0 Å². The Bertz CT molecular complexity index is 1220. The number of hydrogen-bond donors (Lipinski definition) is 2. The van der Waals surface area contributed by atoms with Gasteiger partial charge in [0.05, 0.1) is 11.9 Å². The fourth-order valence-electron chi connectivity index (χ4n) is 4.13. The molecule has 1 unspecified atom stereocenters. The molecule has 3 heterocycles. The van der Waals surface area contributed by atoms with Crippen molar-refractivity contribution in [1.82, 2.24) is 25.2 Å². The first-order valence-corrected chi connectivity index (χ1v) is 10.0. The topological polar surface area (TPSA) is 109 Å². The number of nitrogens with one attached hydrogen (secondary N) is 2. The molecule has 9 heteroatoms. The molecule has 0 saturated carbocycles. The summed E-state index contributed by atoms with van der Waals surface area (Å²) in [6, 6.07) is 12.6. The Hall–Kier alpha value is -4.01. The minimum absolute atomic E-state index is 0.214. The molecular weight excluding hydrogens is 396 g/mol. The Labute approximate surface area is 178 Å². The Kier molecular flexibility index (Phi) is 4.50. The van der Waals surface area contributed by atoms with Gasteiger partial charge in [0.1, 0.15) is 11.7 Å². The van der Waals surface area contributed by atoms with Crippen LogP contribution in [-0.4, -0.2) is 50.7 Å². The number of anilines is 1. The normalized spacial score (nSPS) is 18.2. The number of amides is 3. The van der Waals surface area contributed by atoms with Gasteiger partial charge in [-0.05, 0) is 30.7 Å². The summed E-state index contributed by atoms with van der Waals surface area (Å²) in [6.07, 6.45) is 2.38. The maximum Gasteiger partial charge on any atom is 0.255 e. The van der Waals surface area contributed by atoms with Crippen LogP contribution in [0.1, 0.15) is 28.8 Å². The zero-order chi connectivity index (χ0) is 21.5. The first kappa shape index (κ1) is 19.0. The first-order valence-electron chi connectivity index (χ1n) is 10.0. The first-order chi connectivity index (χ1) is 15.0. The molecule has 1 atom stereocenters. The standard InChI is InChI=1S/C22H20N6O3/c1-23-14-5-2-4-13(10-14)17-12-28(26-25-17)18-7-3-6-15-16(18)11-27(22(15)31)19-8-9-20(29)24-21(19)30/h2-7,10,12,19,23H,8-9,11H2,1H3,(H,24,29,30). The Morgan fingerprint density at radius 2 is 1.97 bits per heavy atom. The van der Waals surface area contributed by atoms with Crippen molar-refractivity contribution in [3.05, 3.63) is 59.8 Å². The number of carbonyl (C=O) groups excluding carboxylic acids is 3. The third-order valence-corrected chi connectivity index (χ3v) is 5.74. The van der Waals surface area contributed by atoms with Crippen molar-refractivity contribution in [1.29, 1.82) is 0 Å². The van der Waals surface area contributed by atoms with E-state index in [1.165, 1.54) is 4.90 Å². The molecule has 2 N–H and O–H groups in total. The van der Waals surface area contributed by atoms with E-state index in [9.17, 15) is 14.4 Å². The summed E-state index contributed by atoms with van der Waals surface area (Å²) in [5.74, 6) is -0.941. The molecule has 9 nitrogen and oxygen atoms in total. The highest BCUT2D eigenvalue weighted by molar-refractivity contribution is 6.05. The molecule has 0 spiro atoms. The van der Waals surface area contributed by atoms with Gasteiger partial charge in [0, 0.05) is 42.4 Å². The zero-order valence-corrected chi connectivity index (χ0v) is 16.8. The number of fused-ring (bicyclic) bond motifs is 1. The summed E-state index contributed by atoms with van der Waals surface area (Å²) in [7, 11) is 1.86. The molecule has 31 heavy (non-hydrogen) atoms. The highest BCUT2D eigenvalue weighted by atomic mass is 16.2. The lowest BCUT2D eigenvalue weighted by atomic mass is 10.0. The van der Waals surface area contributed by atoms with Crippen LogP contribution in [0.15, 0.2) is 48.7 Å². The minimum atomic E-state index is -0.652. The second-order valence-electron chi connectivity index (χ2n) is 7.58. The number of hydrogen-bond acceptors (Lipinski definition) is 6. The van der Waals surface area contributed by atoms with Crippen LogP contribution < -0.4 is 10.6 Å². The van der Waals surface area contributed by atoms with Gasteiger partial charge in [-0.25, -0.2) is 4.68 Å². The van der Waals surface area contributed by atoms with E-state index in [1.54, 1.807) is 16.8 Å². The third-order valence-electron chi connectivity index (χ3n) is 5.74. The molecule has 0 radical (unpaired) electrons. The number of imide groups is 1. The third kappa shape index (κ3) is 3.24. The molecule has 3 aromatic rings. The predicted molar refractivity (Wildman–Crippen MR) is 112 cm³/mol. The predicted octanol–water partition coefficient (Wildman–Crippen LogP) is 1.74. The van der Waals surface area contributed by atoms with Gasteiger partial charge in [-0.3, -0.25) is 19.7 Å².